The number of methoxy groups -OCH3 is 2. The third-order valence-corrected chi connectivity index (χ3v) is 6.55. The second-order valence-corrected chi connectivity index (χ2v) is 7.92. The second-order valence-electron chi connectivity index (χ2n) is 6.81. The summed E-state index contributed by atoms with van der Waals surface area (Å²) in [6.07, 6.45) is 0.390. The number of carbonyl (C=O) groups excluding carboxylic acids is 2. The minimum absolute atomic E-state index is 0.223. The van der Waals surface area contributed by atoms with E-state index in [1.807, 2.05) is 6.07 Å². The minimum Gasteiger partial charge on any atom is -0.493 e. The van der Waals surface area contributed by atoms with Crippen molar-refractivity contribution < 1.29 is 23.5 Å². The van der Waals surface area contributed by atoms with Crippen molar-refractivity contribution in [1.82, 2.24) is 10.2 Å². The Morgan fingerprint density at radius 1 is 1.24 bits per heavy atom. The van der Waals surface area contributed by atoms with E-state index in [0.29, 0.717) is 41.3 Å². The Kier molecular flexibility index (Phi) is 5.36. The highest BCUT2D eigenvalue weighted by Crippen LogP contribution is 2.52. The average molecular weight is 416 g/mol. The molecule has 2 heterocycles. The lowest BCUT2D eigenvalue weighted by molar-refractivity contribution is -0.124. The Balaban J connectivity index is 1.48. The molecule has 2 aromatic carbocycles. The van der Waals surface area contributed by atoms with Crippen molar-refractivity contribution in [3.05, 3.63) is 58.9 Å². The summed E-state index contributed by atoms with van der Waals surface area (Å²) in [6, 6.07) is 9.54. The molecule has 4 rings (SSSR count). The molecule has 2 aromatic rings. The summed E-state index contributed by atoms with van der Waals surface area (Å²) in [6.45, 7) is 0.303. The summed E-state index contributed by atoms with van der Waals surface area (Å²) in [7, 11) is 3.01. The summed E-state index contributed by atoms with van der Waals surface area (Å²) >= 11 is 1.55. The van der Waals surface area contributed by atoms with E-state index >= 15 is 0 Å². The number of nitrogens with one attached hydrogen (secondary N) is 1. The maximum Gasteiger partial charge on any atom is 0.260 e. The topological polar surface area (TPSA) is 67.9 Å². The number of halogens is 1. The van der Waals surface area contributed by atoms with Crippen molar-refractivity contribution in [3.8, 4) is 11.5 Å². The third-order valence-electron chi connectivity index (χ3n) is 5.25. The molecular formula is C21H21FN2O4S. The van der Waals surface area contributed by atoms with Gasteiger partial charge in [-0.3, -0.25) is 9.59 Å². The van der Waals surface area contributed by atoms with Crippen LogP contribution in [0.25, 0.3) is 0 Å². The van der Waals surface area contributed by atoms with Gasteiger partial charge in [-0.2, -0.15) is 0 Å². The Bertz CT molecular complexity index is 968. The van der Waals surface area contributed by atoms with Crippen molar-refractivity contribution in [2.75, 3.05) is 26.5 Å². The molecule has 1 saturated heterocycles. The molecule has 0 unspecified atom stereocenters. The van der Waals surface area contributed by atoms with Gasteiger partial charge in [0.15, 0.2) is 11.5 Å². The maximum atomic E-state index is 13.7. The normalized spacial score (nSPS) is 19.7. The van der Waals surface area contributed by atoms with Crippen molar-refractivity contribution in [1.29, 1.82) is 0 Å². The van der Waals surface area contributed by atoms with Crippen LogP contribution < -0.4 is 14.8 Å². The van der Waals surface area contributed by atoms with Gasteiger partial charge in [-0.1, -0.05) is 24.3 Å². The number of thioether (sulfide) groups is 1. The van der Waals surface area contributed by atoms with Gasteiger partial charge in [-0.05, 0) is 24.1 Å². The maximum absolute atomic E-state index is 13.7. The number of rotatable bonds is 6. The summed E-state index contributed by atoms with van der Waals surface area (Å²) in [5, 5.41) is 2.62. The Morgan fingerprint density at radius 3 is 2.76 bits per heavy atom. The van der Waals surface area contributed by atoms with Crippen molar-refractivity contribution >= 4 is 23.6 Å². The number of amides is 2. The van der Waals surface area contributed by atoms with Crippen LogP contribution in [0.2, 0.25) is 0 Å². The quantitative estimate of drug-likeness (QED) is 0.784. The van der Waals surface area contributed by atoms with Gasteiger partial charge in [-0.15, -0.1) is 11.8 Å². The zero-order valence-corrected chi connectivity index (χ0v) is 16.9. The molecule has 0 aromatic heterocycles. The molecule has 0 aliphatic carbocycles. The molecule has 2 atom stereocenters. The monoisotopic (exact) mass is 416 g/mol. The van der Waals surface area contributed by atoms with E-state index in [1.165, 1.54) is 20.3 Å². The standard InChI is InChI=1S/C21H21FN2O4S/c1-27-16-8-7-13-17(18(16)28-2)20(26)24-15(11-29-21(13)24)19(25)23-10-9-12-5-3-4-6-14(12)22/h3-8,15,21H,9-11H2,1-2H3,(H,23,25)/t15-,21-/m0/s1. The molecule has 2 amide bonds. The lowest BCUT2D eigenvalue weighted by Crippen LogP contribution is -2.46. The van der Waals surface area contributed by atoms with Crippen LogP contribution in [0, 0.1) is 5.82 Å². The predicted octanol–water partition coefficient (Wildman–Crippen LogP) is 2.77. The fraction of sp³-hybridized carbons (Fsp3) is 0.333. The molecule has 152 valence electrons. The number of ether oxygens (including phenoxy) is 2. The van der Waals surface area contributed by atoms with E-state index in [2.05, 4.69) is 5.32 Å². The van der Waals surface area contributed by atoms with Crippen LogP contribution in [0.15, 0.2) is 36.4 Å². The van der Waals surface area contributed by atoms with Gasteiger partial charge in [0.05, 0.1) is 19.8 Å². The Hall–Kier alpha value is -2.74. The predicted molar refractivity (Wildman–Crippen MR) is 108 cm³/mol. The third kappa shape index (κ3) is 3.31. The number of fused-ring (bicyclic) bond motifs is 3. The van der Waals surface area contributed by atoms with Gasteiger partial charge in [0.25, 0.3) is 5.91 Å². The van der Waals surface area contributed by atoms with Crippen molar-refractivity contribution in [3.63, 3.8) is 0 Å². The zero-order chi connectivity index (χ0) is 20.5. The van der Waals surface area contributed by atoms with Gasteiger partial charge in [0.1, 0.15) is 17.2 Å². The second kappa shape index (κ2) is 7.94. The first-order valence-corrected chi connectivity index (χ1v) is 10.3. The minimum atomic E-state index is -0.582. The van der Waals surface area contributed by atoms with Crippen LogP contribution in [0.3, 0.4) is 0 Å². The van der Waals surface area contributed by atoms with Crippen LogP contribution in [0.1, 0.15) is 26.9 Å². The van der Waals surface area contributed by atoms with Crippen LogP contribution in [-0.4, -0.2) is 49.3 Å². The van der Waals surface area contributed by atoms with E-state index in [1.54, 1.807) is 40.9 Å². The zero-order valence-electron chi connectivity index (χ0n) is 16.1. The average Bonchev–Trinajstić information content (AvgIpc) is 3.28. The Morgan fingerprint density at radius 2 is 2.03 bits per heavy atom. The SMILES string of the molecule is COc1ccc2c(c1OC)C(=O)N1[C@H](C(=O)NCCc3ccccc3F)CS[C@@H]21. The summed E-state index contributed by atoms with van der Waals surface area (Å²) in [5.74, 6) is 0.628. The van der Waals surface area contributed by atoms with E-state index < -0.39 is 6.04 Å². The van der Waals surface area contributed by atoms with Gasteiger partial charge in [0.2, 0.25) is 5.91 Å². The summed E-state index contributed by atoms with van der Waals surface area (Å²) in [4.78, 5) is 27.5. The highest BCUT2D eigenvalue weighted by Gasteiger charge is 2.50. The highest BCUT2D eigenvalue weighted by atomic mass is 32.2. The molecule has 8 heteroatoms. The lowest BCUT2D eigenvalue weighted by Gasteiger charge is -2.22. The van der Waals surface area contributed by atoms with Crippen LogP contribution >= 0.6 is 11.8 Å². The van der Waals surface area contributed by atoms with Gasteiger partial charge in [0, 0.05) is 17.9 Å². The fourth-order valence-electron chi connectivity index (χ4n) is 3.83. The smallest absolute Gasteiger partial charge is 0.260 e. The van der Waals surface area contributed by atoms with Gasteiger partial charge in [-0.25, -0.2) is 4.39 Å². The molecule has 0 saturated carbocycles. The summed E-state index contributed by atoms with van der Waals surface area (Å²) < 4.78 is 24.5. The molecule has 1 N–H and O–H groups in total. The first-order valence-electron chi connectivity index (χ1n) is 9.27. The number of nitrogens with zero attached hydrogens (tertiary/aromatic N) is 1. The van der Waals surface area contributed by atoms with Crippen molar-refractivity contribution in [2.45, 2.75) is 17.8 Å². The first kappa shape index (κ1) is 19.6. The number of carbonyl (C=O) groups is 2. The summed E-state index contributed by atoms with van der Waals surface area (Å²) in [5.41, 5.74) is 1.83. The Labute approximate surface area is 172 Å². The largest absolute Gasteiger partial charge is 0.493 e. The van der Waals surface area contributed by atoms with Crippen molar-refractivity contribution in [2.24, 2.45) is 0 Å². The van der Waals surface area contributed by atoms with E-state index in [9.17, 15) is 14.0 Å². The number of hydrogen-bond donors (Lipinski definition) is 1. The molecule has 0 radical (unpaired) electrons. The fourth-order valence-corrected chi connectivity index (χ4v) is 5.29. The van der Waals surface area contributed by atoms with E-state index in [-0.39, 0.29) is 23.0 Å². The first-order chi connectivity index (χ1) is 14.1. The molecule has 2 aliphatic heterocycles. The highest BCUT2D eigenvalue weighted by molar-refractivity contribution is 7.99. The van der Waals surface area contributed by atoms with E-state index in [0.717, 1.165) is 5.56 Å². The molecule has 0 bridgehead atoms. The molecular weight excluding hydrogens is 395 g/mol. The molecule has 2 aliphatic rings. The molecule has 29 heavy (non-hydrogen) atoms. The molecule has 0 spiro atoms. The van der Waals surface area contributed by atoms with Gasteiger partial charge >= 0.3 is 0 Å². The molecule has 6 nitrogen and oxygen atoms in total. The number of hydrogen-bond acceptors (Lipinski definition) is 5. The van der Waals surface area contributed by atoms with Gasteiger partial charge < -0.3 is 19.7 Å². The molecule has 1 fully saturated rings. The lowest BCUT2D eigenvalue weighted by atomic mass is 10.1. The van der Waals surface area contributed by atoms with E-state index in [4.69, 9.17) is 9.47 Å². The number of benzene rings is 2. The van der Waals surface area contributed by atoms with Crippen LogP contribution in [0.5, 0.6) is 11.5 Å². The van der Waals surface area contributed by atoms with Crippen LogP contribution in [-0.2, 0) is 11.2 Å². The van der Waals surface area contributed by atoms with Crippen LogP contribution in [0.4, 0.5) is 4.39 Å².